The summed E-state index contributed by atoms with van der Waals surface area (Å²) in [4.78, 5) is 18.6. The van der Waals surface area contributed by atoms with Gasteiger partial charge in [-0.15, -0.1) is 0 Å². The molecule has 9 heteroatoms. The van der Waals surface area contributed by atoms with Gasteiger partial charge in [-0.3, -0.25) is 0 Å². The number of benzene rings is 1. The van der Waals surface area contributed by atoms with Crippen molar-refractivity contribution in [3.8, 4) is 11.5 Å². The van der Waals surface area contributed by atoms with E-state index in [0.717, 1.165) is 67.3 Å². The summed E-state index contributed by atoms with van der Waals surface area (Å²) < 4.78 is 25.4. The van der Waals surface area contributed by atoms with E-state index in [1.165, 1.54) is 13.2 Å². The van der Waals surface area contributed by atoms with Gasteiger partial charge < -0.3 is 24.6 Å². The van der Waals surface area contributed by atoms with E-state index in [1.807, 2.05) is 25.1 Å². The highest BCUT2D eigenvalue weighted by Crippen LogP contribution is 2.34. The maximum absolute atomic E-state index is 14.3. The van der Waals surface area contributed by atoms with Crippen molar-refractivity contribution < 1.29 is 13.9 Å². The van der Waals surface area contributed by atoms with Crippen molar-refractivity contribution in [3.05, 3.63) is 36.3 Å². The predicted octanol–water partition coefficient (Wildman–Crippen LogP) is 3.86. The lowest BCUT2D eigenvalue weighted by molar-refractivity contribution is 0.163. The maximum Gasteiger partial charge on any atom is 0.172 e. The molecule has 0 amide bonds. The van der Waals surface area contributed by atoms with Crippen molar-refractivity contribution in [2.75, 3.05) is 49.4 Å². The molecule has 0 spiro atoms. The van der Waals surface area contributed by atoms with Crippen LogP contribution in [-0.2, 0) is 0 Å². The van der Waals surface area contributed by atoms with E-state index in [-0.39, 0.29) is 11.9 Å². The molecule has 1 N–H and O–H groups in total. The second-order valence-electron chi connectivity index (χ2n) is 8.81. The fourth-order valence-electron chi connectivity index (χ4n) is 4.09. The van der Waals surface area contributed by atoms with Crippen LogP contribution in [0, 0.1) is 5.82 Å². The van der Waals surface area contributed by atoms with E-state index in [1.54, 1.807) is 18.3 Å². The van der Waals surface area contributed by atoms with E-state index in [4.69, 9.17) is 19.4 Å². The van der Waals surface area contributed by atoms with Crippen LogP contribution in [0.1, 0.15) is 25.7 Å². The lowest BCUT2D eigenvalue weighted by atomic mass is 10.1. The molecule has 1 aromatic carbocycles. The highest BCUT2D eigenvalue weighted by molar-refractivity contribution is 5.89. The maximum atomic E-state index is 14.3. The van der Waals surface area contributed by atoms with Gasteiger partial charge in [0.15, 0.2) is 29.0 Å². The van der Waals surface area contributed by atoms with Crippen LogP contribution in [0.2, 0.25) is 0 Å². The Balaban J connectivity index is 1.36. The number of aromatic nitrogens is 3. The lowest BCUT2D eigenvalue weighted by Gasteiger charge is -2.34. The molecule has 174 valence electrons. The Morgan fingerprint density at radius 2 is 1.88 bits per heavy atom. The minimum atomic E-state index is -0.406. The van der Waals surface area contributed by atoms with Crippen molar-refractivity contribution in [1.82, 2.24) is 15.0 Å². The first-order chi connectivity index (χ1) is 16.0. The van der Waals surface area contributed by atoms with Gasteiger partial charge in [0.25, 0.3) is 0 Å². The van der Waals surface area contributed by atoms with E-state index in [9.17, 15) is 4.39 Å². The van der Waals surface area contributed by atoms with E-state index in [0.29, 0.717) is 11.8 Å². The van der Waals surface area contributed by atoms with Crippen LogP contribution in [0.5, 0.6) is 11.5 Å². The number of halogens is 1. The zero-order chi connectivity index (χ0) is 22.9. The number of rotatable bonds is 7. The van der Waals surface area contributed by atoms with Crippen molar-refractivity contribution in [2.45, 2.75) is 37.8 Å². The Morgan fingerprint density at radius 1 is 1.09 bits per heavy atom. The van der Waals surface area contributed by atoms with Gasteiger partial charge in [0.2, 0.25) is 0 Å². The molecule has 2 fully saturated rings. The number of nitrogens with zero attached hydrogens (tertiary/aromatic N) is 5. The highest BCUT2D eigenvalue weighted by atomic mass is 19.1. The van der Waals surface area contributed by atoms with Gasteiger partial charge >= 0.3 is 0 Å². The molecule has 2 aliphatic rings. The van der Waals surface area contributed by atoms with Crippen LogP contribution in [0.25, 0.3) is 11.0 Å². The number of nitrogens with one attached hydrogen (secondary N) is 1. The largest absolute Gasteiger partial charge is 0.497 e. The van der Waals surface area contributed by atoms with Gasteiger partial charge in [-0.05, 0) is 31.0 Å². The van der Waals surface area contributed by atoms with Crippen molar-refractivity contribution >= 4 is 28.5 Å². The van der Waals surface area contributed by atoms with Crippen LogP contribution < -0.4 is 24.6 Å². The third-order valence-corrected chi connectivity index (χ3v) is 6.06. The van der Waals surface area contributed by atoms with Crippen LogP contribution in [-0.4, -0.2) is 61.4 Å². The minimum Gasteiger partial charge on any atom is -0.497 e. The molecule has 1 saturated heterocycles. The van der Waals surface area contributed by atoms with E-state index < -0.39 is 5.82 Å². The first-order valence-corrected chi connectivity index (χ1v) is 11.4. The Labute approximate surface area is 192 Å². The number of anilines is 3. The van der Waals surface area contributed by atoms with Crippen LogP contribution >= 0.6 is 0 Å². The molecule has 1 aliphatic heterocycles. The van der Waals surface area contributed by atoms with Gasteiger partial charge in [-0.25, -0.2) is 19.3 Å². The molecule has 1 aliphatic carbocycles. The molecule has 1 saturated carbocycles. The number of hydrogen-bond acceptors (Lipinski definition) is 8. The quantitative estimate of drug-likeness (QED) is 0.579. The molecule has 5 rings (SSSR count). The number of piperidine rings is 1. The van der Waals surface area contributed by atoms with E-state index >= 15 is 0 Å². The average Bonchev–Trinajstić information content (AvgIpc) is 3.64. The summed E-state index contributed by atoms with van der Waals surface area (Å²) in [5.74, 6) is 2.80. The van der Waals surface area contributed by atoms with Crippen molar-refractivity contribution in [1.29, 1.82) is 0 Å². The molecular weight excluding hydrogens is 423 g/mol. The molecular formula is C24H29FN6O2. The summed E-state index contributed by atoms with van der Waals surface area (Å²) in [5.41, 5.74) is 1.62. The molecule has 33 heavy (non-hydrogen) atoms. The Morgan fingerprint density at radius 3 is 2.55 bits per heavy atom. The predicted molar refractivity (Wildman–Crippen MR) is 127 cm³/mol. The van der Waals surface area contributed by atoms with Crippen LogP contribution in [0.4, 0.5) is 21.8 Å². The topological polar surface area (TPSA) is 75.6 Å². The van der Waals surface area contributed by atoms with Crippen LogP contribution in [0.15, 0.2) is 30.5 Å². The van der Waals surface area contributed by atoms with Gasteiger partial charge in [0.1, 0.15) is 17.4 Å². The third-order valence-electron chi connectivity index (χ3n) is 6.06. The Hall–Kier alpha value is -3.36. The van der Waals surface area contributed by atoms with Crippen LogP contribution in [0.3, 0.4) is 0 Å². The lowest BCUT2D eigenvalue weighted by Crippen LogP contribution is -2.39. The molecule has 0 radical (unpaired) electrons. The zero-order valence-electron chi connectivity index (χ0n) is 19.2. The number of fused-ring (bicyclic) bond motifs is 1. The third kappa shape index (κ3) is 4.58. The second kappa shape index (κ2) is 8.88. The normalized spacial score (nSPS) is 16.7. The zero-order valence-corrected chi connectivity index (χ0v) is 19.2. The standard InChI is InChI=1S/C24H29FN6O2/c1-30(2)23-21-19(8-11-26-23)28-22(27-15-4-5-15)24(29-21)31-12-9-16(10-13-31)33-20-7-6-17(32-3)14-18(20)25/h6-8,11,14-16H,4-5,9-10,12-13H2,1-3H3,(H,27,28). The molecule has 0 atom stereocenters. The monoisotopic (exact) mass is 452 g/mol. The van der Waals surface area contributed by atoms with E-state index in [2.05, 4.69) is 15.2 Å². The molecule has 0 unspecified atom stereocenters. The molecule has 0 bridgehead atoms. The number of methoxy groups -OCH3 is 1. The average molecular weight is 453 g/mol. The highest BCUT2D eigenvalue weighted by Gasteiger charge is 2.28. The summed E-state index contributed by atoms with van der Waals surface area (Å²) in [7, 11) is 5.44. The number of pyridine rings is 1. The summed E-state index contributed by atoms with van der Waals surface area (Å²) in [6.45, 7) is 1.50. The first kappa shape index (κ1) is 21.5. The molecule has 8 nitrogen and oxygen atoms in total. The summed E-state index contributed by atoms with van der Waals surface area (Å²) in [5, 5.41) is 3.55. The fourth-order valence-corrected chi connectivity index (χ4v) is 4.09. The summed E-state index contributed by atoms with van der Waals surface area (Å²) >= 11 is 0. The van der Waals surface area contributed by atoms with Crippen molar-refractivity contribution in [3.63, 3.8) is 0 Å². The van der Waals surface area contributed by atoms with Gasteiger partial charge in [-0.2, -0.15) is 0 Å². The molecule has 3 heterocycles. The summed E-state index contributed by atoms with van der Waals surface area (Å²) in [6.07, 6.45) is 5.55. The van der Waals surface area contributed by atoms with Gasteiger partial charge in [0, 0.05) is 58.3 Å². The SMILES string of the molecule is COc1ccc(OC2CCN(c3nc4c(N(C)C)nccc4nc3NC3CC3)CC2)c(F)c1. The number of hydrogen-bond donors (Lipinski definition) is 1. The molecule has 3 aromatic rings. The molecule has 2 aromatic heterocycles. The first-order valence-electron chi connectivity index (χ1n) is 11.4. The number of ether oxygens (including phenoxy) is 2. The second-order valence-corrected chi connectivity index (χ2v) is 8.81. The Kier molecular flexibility index (Phi) is 5.78. The van der Waals surface area contributed by atoms with Gasteiger partial charge in [-0.1, -0.05) is 0 Å². The van der Waals surface area contributed by atoms with Crippen molar-refractivity contribution in [2.24, 2.45) is 0 Å². The Bertz CT molecular complexity index is 1150. The summed E-state index contributed by atoms with van der Waals surface area (Å²) in [6, 6.07) is 7.06. The van der Waals surface area contributed by atoms with Gasteiger partial charge in [0.05, 0.1) is 12.6 Å². The fraction of sp³-hybridized carbons (Fsp3) is 0.458. The minimum absolute atomic E-state index is 0.0589. The smallest absolute Gasteiger partial charge is 0.172 e.